The van der Waals surface area contributed by atoms with Gasteiger partial charge in [-0.3, -0.25) is 0 Å². The molecule has 4 aromatic rings. The molecule has 5 rings (SSSR count). The second-order valence-corrected chi connectivity index (χ2v) is 10.4. The minimum absolute atomic E-state index is 0.348. The first-order chi connectivity index (χ1) is 18.1. The molecule has 0 amide bonds. The van der Waals surface area contributed by atoms with Crippen LogP contribution in [0.15, 0.2) is 84.9 Å². The lowest BCUT2D eigenvalue weighted by Gasteiger charge is -2.35. The highest BCUT2D eigenvalue weighted by molar-refractivity contribution is 5.87. The number of aromatic hydroxyl groups is 2. The van der Waals surface area contributed by atoms with E-state index in [4.69, 9.17) is 0 Å². The number of phenols is 2. The Morgan fingerprint density at radius 1 is 0.486 bits per heavy atom. The number of phenolic OH excluding ortho intramolecular Hbond substituents is 2. The van der Waals surface area contributed by atoms with E-state index in [-0.39, 0.29) is 0 Å². The maximum absolute atomic E-state index is 11.9. The first-order valence-electron chi connectivity index (χ1n) is 14.0. The minimum Gasteiger partial charge on any atom is -0.507 e. The molecule has 4 aromatic carbocycles. The number of hydrogen-bond acceptors (Lipinski definition) is 2. The molecule has 2 heteroatoms. The van der Waals surface area contributed by atoms with E-state index in [9.17, 15) is 10.2 Å². The molecule has 0 spiro atoms. The standard InChI is InChI=1S/C35H38O2/c1-3-5-7-15-25-17-13-23-31(33(25)36)35(32-24-14-18-26(34(32)37)16-8-6-4-2)29-21-11-9-19-27(29)28-20-10-12-22-30(28)35/h9-14,17-24,36-37H,3-8,15-16H2,1-2H3. The van der Waals surface area contributed by atoms with Crippen LogP contribution in [-0.2, 0) is 18.3 Å². The van der Waals surface area contributed by atoms with Crippen LogP contribution in [0.25, 0.3) is 11.1 Å². The summed E-state index contributed by atoms with van der Waals surface area (Å²) in [5.74, 6) is 0.696. The zero-order valence-electron chi connectivity index (χ0n) is 22.1. The summed E-state index contributed by atoms with van der Waals surface area (Å²) in [5, 5.41) is 23.8. The number of aryl methyl sites for hydroxylation is 2. The van der Waals surface area contributed by atoms with E-state index in [0.29, 0.717) is 11.5 Å². The van der Waals surface area contributed by atoms with Crippen molar-refractivity contribution in [3.8, 4) is 22.6 Å². The maximum Gasteiger partial charge on any atom is 0.123 e. The summed E-state index contributed by atoms with van der Waals surface area (Å²) in [6.07, 6.45) is 8.35. The number of rotatable bonds is 10. The van der Waals surface area contributed by atoms with Gasteiger partial charge in [0.2, 0.25) is 0 Å². The van der Waals surface area contributed by atoms with Gasteiger partial charge in [-0.05, 0) is 59.1 Å². The zero-order valence-corrected chi connectivity index (χ0v) is 22.1. The second kappa shape index (κ2) is 10.8. The summed E-state index contributed by atoms with van der Waals surface area (Å²) in [6.45, 7) is 4.40. The molecule has 190 valence electrons. The molecule has 0 aliphatic heterocycles. The number of para-hydroxylation sites is 2. The van der Waals surface area contributed by atoms with Gasteiger partial charge in [0.15, 0.2) is 0 Å². The van der Waals surface area contributed by atoms with Crippen LogP contribution in [0.1, 0.15) is 85.8 Å². The molecule has 0 fully saturated rings. The molecule has 0 atom stereocenters. The Balaban J connectivity index is 1.81. The van der Waals surface area contributed by atoms with E-state index < -0.39 is 5.41 Å². The van der Waals surface area contributed by atoms with Gasteiger partial charge in [-0.2, -0.15) is 0 Å². The molecule has 1 aliphatic rings. The van der Waals surface area contributed by atoms with Crippen LogP contribution in [0.2, 0.25) is 0 Å². The summed E-state index contributed by atoms with van der Waals surface area (Å²) < 4.78 is 0. The van der Waals surface area contributed by atoms with Crippen molar-refractivity contribution in [3.05, 3.63) is 118 Å². The SMILES string of the molecule is CCCCCc1cccc(C2(c3cccc(CCCCC)c3O)c3ccccc3-c3ccccc32)c1O. The first-order valence-corrected chi connectivity index (χ1v) is 14.0. The summed E-state index contributed by atoms with van der Waals surface area (Å²) in [4.78, 5) is 0. The third-order valence-corrected chi connectivity index (χ3v) is 8.10. The van der Waals surface area contributed by atoms with Crippen LogP contribution in [-0.4, -0.2) is 10.2 Å². The molecule has 1 aliphatic carbocycles. The average Bonchev–Trinajstić information content (AvgIpc) is 3.22. The summed E-state index contributed by atoms with van der Waals surface area (Å²) in [5.41, 5.74) is 7.38. The van der Waals surface area contributed by atoms with E-state index >= 15 is 0 Å². The van der Waals surface area contributed by atoms with Crippen molar-refractivity contribution in [3.63, 3.8) is 0 Å². The van der Waals surface area contributed by atoms with Gasteiger partial charge in [0.1, 0.15) is 11.5 Å². The van der Waals surface area contributed by atoms with Gasteiger partial charge in [0.25, 0.3) is 0 Å². The summed E-state index contributed by atoms with van der Waals surface area (Å²) in [7, 11) is 0. The monoisotopic (exact) mass is 490 g/mol. The predicted octanol–water partition coefficient (Wildman–Crippen LogP) is 8.93. The fraction of sp³-hybridized carbons (Fsp3) is 0.314. The lowest BCUT2D eigenvalue weighted by Crippen LogP contribution is -2.29. The van der Waals surface area contributed by atoms with Gasteiger partial charge < -0.3 is 10.2 Å². The van der Waals surface area contributed by atoms with Gasteiger partial charge in [-0.1, -0.05) is 124 Å². The predicted molar refractivity (Wildman–Crippen MR) is 154 cm³/mol. The van der Waals surface area contributed by atoms with Crippen LogP contribution in [0.5, 0.6) is 11.5 Å². The van der Waals surface area contributed by atoms with E-state index in [2.05, 4.69) is 98.8 Å². The molecule has 0 radical (unpaired) electrons. The van der Waals surface area contributed by atoms with Crippen LogP contribution >= 0.6 is 0 Å². The van der Waals surface area contributed by atoms with Crippen LogP contribution in [0.4, 0.5) is 0 Å². The fourth-order valence-electron chi connectivity index (χ4n) is 6.28. The number of fused-ring (bicyclic) bond motifs is 3. The lowest BCUT2D eigenvalue weighted by molar-refractivity contribution is 0.440. The van der Waals surface area contributed by atoms with Gasteiger partial charge >= 0.3 is 0 Å². The second-order valence-electron chi connectivity index (χ2n) is 10.4. The topological polar surface area (TPSA) is 40.5 Å². The van der Waals surface area contributed by atoms with E-state index in [1.807, 2.05) is 0 Å². The van der Waals surface area contributed by atoms with E-state index in [1.54, 1.807) is 0 Å². The molecule has 0 aromatic heterocycles. The third-order valence-electron chi connectivity index (χ3n) is 8.10. The molecule has 0 heterocycles. The Bertz CT molecular complexity index is 1280. The maximum atomic E-state index is 11.9. The lowest BCUT2D eigenvalue weighted by atomic mass is 9.66. The highest BCUT2D eigenvalue weighted by atomic mass is 16.3. The van der Waals surface area contributed by atoms with Gasteiger partial charge in [-0.15, -0.1) is 0 Å². The van der Waals surface area contributed by atoms with Crippen molar-refractivity contribution in [2.75, 3.05) is 0 Å². The Kier molecular flexibility index (Phi) is 7.37. The normalized spacial score (nSPS) is 13.4. The first kappa shape index (κ1) is 25.1. The zero-order chi connectivity index (χ0) is 25.8. The van der Waals surface area contributed by atoms with Gasteiger partial charge in [-0.25, -0.2) is 0 Å². The van der Waals surface area contributed by atoms with Crippen molar-refractivity contribution < 1.29 is 10.2 Å². The highest BCUT2D eigenvalue weighted by Gasteiger charge is 2.49. The molecular formula is C35H38O2. The molecule has 0 bridgehead atoms. The largest absolute Gasteiger partial charge is 0.507 e. The smallest absolute Gasteiger partial charge is 0.123 e. The van der Waals surface area contributed by atoms with Crippen molar-refractivity contribution >= 4 is 0 Å². The summed E-state index contributed by atoms with van der Waals surface area (Å²) >= 11 is 0. The van der Waals surface area contributed by atoms with Gasteiger partial charge in [0.05, 0.1) is 5.41 Å². The Labute approximate surface area is 221 Å². The minimum atomic E-state index is -0.803. The third kappa shape index (κ3) is 4.23. The number of benzene rings is 4. The Morgan fingerprint density at radius 2 is 0.892 bits per heavy atom. The van der Waals surface area contributed by atoms with Crippen molar-refractivity contribution in [1.82, 2.24) is 0 Å². The van der Waals surface area contributed by atoms with Crippen molar-refractivity contribution in [2.24, 2.45) is 0 Å². The number of hydrogen-bond donors (Lipinski definition) is 2. The summed E-state index contributed by atoms with van der Waals surface area (Å²) in [6, 6.07) is 29.3. The Hall–Kier alpha value is -3.52. The molecule has 0 unspecified atom stereocenters. The number of unbranched alkanes of at least 4 members (excludes halogenated alkanes) is 4. The van der Waals surface area contributed by atoms with Crippen LogP contribution < -0.4 is 0 Å². The molecule has 2 nitrogen and oxygen atoms in total. The van der Waals surface area contributed by atoms with E-state index in [0.717, 1.165) is 95.9 Å². The van der Waals surface area contributed by atoms with Crippen molar-refractivity contribution in [1.29, 1.82) is 0 Å². The molecule has 0 saturated heterocycles. The highest BCUT2D eigenvalue weighted by Crippen LogP contribution is 2.59. The van der Waals surface area contributed by atoms with Gasteiger partial charge in [0, 0.05) is 11.1 Å². The Morgan fingerprint density at radius 3 is 1.32 bits per heavy atom. The molecule has 2 N–H and O–H groups in total. The quantitative estimate of drug-likeness (QED) is 0.192. The molecule has 0 saturated carbocycles. The van der Waals surface area contributed by atoms with Crippen LogP contribution in [0, 0.1) is 0 Å². The van der Waals surface area contributed by atoms with Crippen molar-refractivity contribution in [2.45, 2.75) is 70.6 Å². The van der Waals surface area contributed by atoms with E-state index in [1.165, 1.54) is 0 Å². The fourth-order valence-corrected chi connectivity index (χ4v) is 6.28. The van der Waals surface area contributed by atoms with Crippen LogP contribution in [0.3, 0.4) is 0 Å². The molecular weight excluding hydrogens is 452 g/mol. The average molecular weight is 491 g/mol. The molecule has 37 heavy (non-hydrogen) atoms.